The van der Waals surface area contributed by atoms with Crippen LogP contribution in [0.5, 0.6) is 0 Å². The van der Waals surface area contributed by atoms with Crippen molar-refractivity contribution in [3.63, 3.8) is 0 Å². The van der Waals surface area contributed by atoms with Gasteiger partial charge in [0, 0.05) is 17.1 Å². The number of nitrogens with two attached hydrogens (primary N) is 1. The zero-order valence-corrected chi connectivity index (χ0v) is 8.35. The van der Waals surface area contributed by atoms with Crippen molar-refractivity contribution in [2.45, 2.75) is 32.4 Å². The maximum atomic E-state index is 9.90. The van der Waals surface area contributed by atoms with E-state index in [4.69, 9.17) is 5.73 Å². The lowest BCUT2D eigenvalue weighted by atomic mass is 10.0. The molecule has 0 aliphatic rings. The summed E-state index contributed by atoms with van der Waals surface area (Å²) >= 11 is 1.44. The van der Waals surface area contributed by atoms with Crippen molar-refractivity contribution in [2.24, 2.45) is 5.73 Å². The number of aromatic nitrogens is 1. The molecule has 0 amide bonds. The van der Waals surface area contributed by atoms with Gasteiger partial charge in [0.1, 0.15) is 10.6 Å². The Morgan fingerprint density at radius 2 is 2.33 bits per heavy atom. The smallest absolute Gasteiger partial charge is 0.128 e. The lowest BCUT2D eigenvalue weighted by molar-refractivity contribution is 0.0346. The highest BCUT2D eigenvalue weighted by Crippen LogP contribution is 2.26. The molecule has 0 aliphatic carbocycles. The van der Waals surface area contributed by atoms with E-state index in [1.807, 2.05) is 12.3 Å². The van der Waals surface area contributed by atoms with E-state index in [-0.39, 0.29) is 6.04 Å². The highest BCUT2D eigenvalue weighted by molar-refractivity contribution is 7.09. The van der Waals surface area contributed by atoms with E-state index in [1.165, 1.54) is 11.3 Å². The lowest BCUT2D eigenvalue weighted by Crippen LogP contribution is -2.40. The molecule has 3 nitrogen and oxygen atoms in total. The van der Waals surface area contributed by atoms with Gasteiger partial charge in [-0.3, -0.25) is 0 Å². The molecule has 0 saturated carbocycles. The van der Waals surface area contributed by atoms with Crippen LogP contribution in [0.3, 0.4) is 0 Å². The molecule has 0 aliphatic heterocycles. The first-order valence-corrected chi connectivity index (χ1v) is 4.73. The fourth-order valence-corrected chi connectivity index (χ4v) is 1.74. The molecule has 12 heavy (non-hydrogen) atoms. The molecule has 0 saturated heterocycles. The monoisotopic (exact) mass is 186 g/mol. The van der Waals surface area contributed by atoms with E-state index in [2.05, 4.69) is 4.98 Å². The molecule has 0 fully saturated rings. The molecule has 1 aromatic rings. The van der Waals surface area contributed by atoms with Crippen molar-refractivity contribution in [3.8, 4) is 0 Å². The molecule has 68 valence electrons. The molecule has 4 heteroatoms. The largest absolute Gasteiger partial charge is 0.381 e. The number of hydrogen-bond acceptors (Lipinski definition) is 4. The van der Waals surface area contributed by atoms with Crippen molar-refractivity contribution in [3.05, 3.63) is 16.1 Å². The maximum Gasteiger partial charge on any atom is 0.128 e. The molecule has 0 spiro atoms. The van der Waals surface area contributed by atoms with Crippen LogP contribution in [0.25, 0.3) is 0 Å². The molecule has 0 aromatic carbocycles. The van der Waals surface area contributed by atoms with Crippen molar-refractivity contribution in [2.75, 3.05) is 0 Å². The van der Waals surface area contributed by atoms with Gasteiger partial charge in [0.15, 0.2) is 0 Å². The number of aliphatic hydroxyl groups is 1. The van der Waals surface area contributed by atoms with Crippen molar-refractivity contribution in [1.82, 2.24) is 4.98 Å². The number of aryl methyl sites for hydroxylation is 1. The quantitative estimate of drug-likeness (QED) is 0.724. The molecule has 3 N–H and O–H groups in total. The summed E-state index contributed by atoms with van der Waals surface area (Å²) in [6.45, 7) is 5.37. The van der Waals surface area contributed by atoms with E-state index < -0.39 is 5.60 Å². The number of hydrogen-bond donors (Lipinski definition) is 2. The van der Waals surface area contributed by atoms with Crippen molar-refractivity contribution >= 4 is 11.3 Å². The third kappa shape index (κ3) is 1.65. The Bertz CT molecular complexity index is 268. The van der Waals surface area contributed by atoms with Crippen LogP contribution in [0.15, 0.2) is 5.38 Å². The molecule has 1 rings (SSSR count). The first-order chi connectivity index (χ1) is 5.44. The fraction of sp³-hybridized carbons (Fsp3) is 0.625. The molecular weight excluding hydrogens is 172 g/mol. The molecule has 0 radical (unpaired) electrons. The Balaban J connectivity index is 2.97. The summed E-state index contributed by atoms with van der Waals surface area (Å²) in [6.07, 6.45) is 0. The highest BCUT2D eigenvalue weighted by Gasteiger charge is 2.30. The van der Waals surface area contributed by atoms with Gasteiger partial charge in [-0.15, -0.1) is 11.3 Å². The molecule has 1 aromatic heterocycles. The first-order valence-electron chi connectivity index (χ1n) is 3.85. The van der Waals surface area contributed by atoms with Gasteiger partial charge in [-0.05, 0) is 20.8 Å². The minimum Gasteiger partial charge on any atom is -0.381 e. The summed E-state index contributed by atoms with van der Waals surface area (Å²) < 4.78 is 0. The van der Waals surface area contributed by atoms with Gasteiger partial charge in [-0.2, -0.15) is 0 Å². The number of nitrogens with zero attached hydrogens (tertiary/aromatic N) is 1. The van der Waals surface area contributed by atoms with Crippen molar-refractivity contribution in [1.29, 1.82) is 0 Å². The lowest BCUT2D eigenvalue weighted by Gasteiger charge is -2.24. The van der Waals surface area contributed by atoms with E-state index >= 15 is 0 Å². The van der Waals surface area contributed by atoms with Gasteiger partial charge in [0.05, 0.1) is 0 Å². The second-order valence-corrected chi connectivity index (χ2v) is 4.09. The van der Waals surface area contributed by atoms with Crippen LogP contribution in [0.2, 0.25) is 0 Å². The number of thiazole rings is 1. The van der Waals surface area contributed by atoms with E-state index in [1.54, 1.807) is 13.8 Å². The van der Waals surface area contributed by atoms with Crippen LogP contribution in [0.1, 0.15) is 24.5 Å². The molecule has 0 bridgehead atoms. The predicted molar refractivity (Wildman–Crippen MR) is 50.1 cm³/mol. The SMILES string of the molecule is Cc1csc(C(C)(O)C(C)N)n1. The zero-order valence-electron chi connectivity index (χ0n) is 7.53. The first kappa shape index (κ1) is 9.64. The summed E-state index contributed by atoms with van der Waals surface area (Å²) in [7, 11) is 0. The average Bonchev–Trinajstić information content (AvgIpc) is 2.35. The second kappa shape index (κ2) is 3.12. The summed E-state index contributed by atoms with van der Waals surface area (Å²) in [5.74, 6) is 0. The van der Waals surface area contributed by atoms with E-state index in [9.17, 15) is 5.11 Å². The van der Waals surface area contributed by atoms with Gasteiger partial charge in [0.25, 0.3) is 0 Å². The molecule has 1 heterocycles. The van der Waals surface area contributed by atoms with Crippen LogP contribution >= 0.6 is 11.3 Å². The minimum atomic E-state index is -1.00. The predicted octanol–water partition coefficient (Wildman–Crippen LogP) is 1.01. The van der Waals surface area contributed by atoms with Gasteiger partial charge < -0.3 is 10.8 Å². The zero-order chi connectivity index (χ0) is 9.35. The van der Waals surface area contributed by atoms with Gasteiger partial charge in [0.2, 0.25) is 0 Å². The van der Waals surface area contributed by atoms with Gasteiger partial charge in [-0.1, -0.05) is 0 Å². The summed E-state index contributed by atoms with van der Waals surface area (Å²) in [4.78, 5) is 4.19. The Hall–Kier alpha value is -0.450. The summed E-state index contributed by atoms with van der Waals surface area (Å²) in [6, 6.07) is -0.303. The van der Waals surface area contributed by atoms with Crippen LogP contribution in [-0.2, 0) is 5.60 Å². The average molecular weight is 186 g/mol. The van der Waals surface area contributed by atoms with Gasteiger partial charge in [-0.25, -0.2) is 4.98 Å². The van der Waals surface area contributed by atoms with E-state index in [0.717, 1.165) is 5.69 Å². The van der Waals surface area contributed by atoms with Crippen LogP contribution in [0, 0.1) is 6.92 Å². The Morgan fingerprint density at radius 1 is 1.75 bits per heavy atom. The summed E-state index contributed by atoms with van der Waals surface area (Å²) in [5.41, 5.74) is 5.55. The summed E-state index contributed by atoms with van der Waals surface area (Å²) in [5, 5.41) is 12.5. The normalized spacial score (nSPS) is 18.8. The Morgan fingerprint density at radius 3 is 2.67 bits per heavy atom. The highest BCUT2D eigenvalue weighted by atomic mass is 32.1. The number of rotatable bonds is 2. The third-order valence-electron chi connectivity index (χ3n) is 1.94. The van der Waals surface area contributed by atoms with Crippen LogP contribution in [0.4, 0.5) is 0 Å². The van der Waals surface area contributed by atoms with Crippen molar-refractivity contribution < 1.29 is 5.11 Å². The van der Waals surface area contributed by atoms with Crippen LogP contribution < -0.4 is 5.73 Å². The minimum absolute atomic E-state index is 0.303. The molecular formula is C8H14N2OS. The van der Waals surface area contributed by atoms with Crippen LogP contribution in [-0.4, -0.2) is 16.1 Å². The molecule has 2 atom stereocenters. The molecule has 2 unspecified atom stereocenters. The second-order valence-electron chi connectivity index (χ2n) is 3.23. The van der Waals surface area contributed by atoms with Gasteiger partial charge >= 0.3 is 0 Å². The van der Waals surface area contributed by atoms with E-state index in [0.29, 0.717) is 5.01 Å². The topological polar surface area (TPSA) is 59.1 Å². The maximum absolute atomic E-state index is 9.90. The Kier molecular flexibility index (Phi) is 2.51. The third-order valence-corrected chi connectivity index (χ3v) is 3.13. The standard InChI is InChI=1S/C8H14N2OS/c1-5-4-12-7(10-5)8(3,11)6(2)9/h4,6,11H,9H2,1-3H3. The Labute approximate surface area is 76.3 Å². The fourth-order valence-electron chi connectivity index (χ4n) is 0.781.